The summed E-state index contributed by atoms with van der Waals surface area (Å²) in [5.74, 6) is -0.600. The zero-order valence-corrected chi connectivity index (χ0v) is 18.7. The first-order valence-electron chi connectivity index (χ1n) is 10.4. The van der Waals surface area contributed by atoms with Crippen LogP contribution in [0, 0.1) is 6.92 Å². The number of hydrogen-bond donors (Lipinski definition) is 2. The number of carbonyl (C=O) groups excluding carboxylic acids is 2. The smallest absolute Gasteiger partial charge is 0.326 e. The molecule has 1 aliphatic rings. The standard InChI is InChI=1S/C22H21F3N4O3S/c1-11-17-20(28-16-6-4-3-5-9-29(16)21(17)32)33-18(11)19(31)27-15-8-7-13(26-12(2)30)10-14(15)22(23,24)25/h7-8,10H,3-6,9H2,1-2H3,(H,26,30)(H,27,31). The molecule has 11 heteroatoms. The molecule has 4 rings (SSSR count). The molecule has 0 atom stereocenters. The number of benzene rings is 1. The number of fused-ring (bicyclic) bond motifs is 2. The molecule has 174 valence electrons. The number of alkyl halides is 3. The van der Waals surface area contributed by atoms with Gasteiger partial charge in [0.25, 0.3) is 11.5 Å². The first-order valence-corrected chi connectivity index (χ1v) is 11.2. The van der Waals surface area contributed by atoms with Crippen molar-refractivity contribution in [3.05, 3.63) is 50.4 Å². The number of aryl methyl sites for hydroxylation is 2. The maximum absolute atomic E-state index is 13.6. The summed E-state index contributed by atoms with van der Waals surface area (Å²) in [4.78, 5) is 42.3. The molecule has 2 N–H and O–H groups in total. The van der Waals surface area contributed by atoms with Crippen LogP contribution >= 0.6 is 11.3 Å². The van der Waals surface area contributed by atoms with Crippen molar-refractivity contribution < 1.29 is 22.8 Å². The second kappa shape index (κ2) is 8.62. The number of anilines is 2. The van der Waals surface area contributed by atoms with Gasteiger partial charge in [0, 0.05) is 25.6 Å². The normalized spacial score (nSPS) is 14.0. The van der Waals surface area contributed by atoms with Gasteiger partial charge in [-0.15, -0.1) is 11.3 Å². The minimum atomic E-state index is -4.76. The average molecular weight is 478 g/mol. The largest absolute Gasteiger partial charge is 0.418 e. The van der Waals surface area contributed by atoms with Crippen LogP contribution < -0.4 is 16.2 Å². The SMILES string of the molecule is CC(=O)Nc1ccc(NC(=O)c2sc3nc4n(c(=O)c3c2C)CCCCC4)c(C(F)(F)F)c1. The van der Waals surface area contributed by atoms with Gasteiger partial charge in [-0.3, -0.25) is 19.0 Å². The molecule has 7 nitrogen and oxygen atoms in total. The number of rotatable bonds is 3. The summed E-state index contributed by atoms with van der Waals surface area (Å²) in [5.41, 5.74) is -1.40. The van der Waals surface area contributed by atoms with E-state index in [2.05, 4.69) is 15.6 Å². The fourth-order valence-corrected chi connectivity index (χ4v) is 5.06. The maximum Gasteiger partial charge on any atom is 0.418 e. The number of nitrogens with one attached hydrogen (secondary N) is 2. The maximum atomic E-state index is 13.6. The average Bonchev–Trinajstić information content (AvgIpc) is 2.90. The fourth-order valence-electron chi connectivity index (χ4n) is 3.97. The van der Waals surface area contributed by atoms with Crippen LogP contribution in [0.25, 0.3) is 10.2 Å². The molecular formula is C22H21F3N4O3S. The lowest BCUT2D eigenvalue weighted by molar-refractivity contribution is -0.137. The van der Waals surface area contributed by atoms with Crippen LogP contribution in [0.15, 0.2) is 23.0 Å². The summed E-state index contributed by atoms with van der Waals surface area (Å²) in [6, 6.07) is 3.12. The van der Waals surface area contributed by atoms with Crippen LogP contribution in [-0.4, -0.2) is 21.4 Å². The van der Waals surface area contributed by atoms with Crippen LogP contribution in [0.5, 0.6) is 0 Å². The van der Waals surface area contributed by atoms with E-state index in [9.17, 15) is 27.6 Å². The molecule has 0 radical (unpaired) electrons. The van der Waals surface area contributed by atoms with Crippen LogP contribution in [0.4, 0.5) is 24.5 Å². The van der Waals surface area contributed by atoms with Gasteiger partial charge in [0.05, 0.1) is 21.5 Å². The number of nitrogens with zero attached hydrogens (tertiary/aromatic N) is 2. The van der Waals surface area contributed by atoms with Crippen LogP contribution in [0.3, 0.4) is 0 Å². The van der Waals surface area contributed by atoms with E-state index in [-0.39, 0.29) is 16.1 Å². The van der Waals surface area contributed by atoms with Crippen molar-refractivity contribution in [2.24, 2.45) is 0 Å². The molecule has 1 aliphatic heterocycles. The molecule has 0 spiro atoms. The van der Waals surface area contributed by atoms with Crippen LogP contribution in [0.1, 0.15) is 52.8 Å². The van der Waals surface area contributed by atoms with Gasteiger partial charge < -0.3 is 10.6 Å². The van der Waals surface area contributed by atoms with Crippen molar-refractivity contribution in [2.75, 3.05) is 10.6 Å². The van der Waals surface area contributed by atoms with Gasteiger partial charge in [-0.2, -0.15) is 13.2 Å². The monoisotopic (exact) mass is 478 g/mol. The van der Waals surface area contributed by atoms with Gasteiger partial charge in [0.15, 0.2) is 0 Å². The van der Waals surface area contributed by atoms with Gasteiger partial charge in [0.1, 0.15) is 10.7 Å². The molecule has 3 heterocycles. The van der Waals surface area contributed by atoms with E-state index >= 15 is 0 Å². The molecule has 2 aromatic heterocycles. The number of hydrogen-bond acceptors (Lipinski definition) is 5. The molecule has 0 saturated carbocycles. The lowest BCUT2D eigenvalue weighted by Gasteiger charge is -2.15. The summed E-state index contributed by atoms with van der Waals surface area (Å²) in [5, 5.41) is 4.94. The van der Waals surface area contributed by atoms with Crippen LogP contribution in [-0.2, 0) is 23.9 Å². The van der Waals surface area contributed by atoms with E-state index in [4.69, 9.17) is 0 Å². The Morgan fingerprint density at radius 1 is 1.15 bits per heavy atom. The summed E-state index contributed by atoms with van der Waals surface area (Å²) < 4.78 is 42.5. The molecule has 3 aromatic rings. The summed E-state index contributed by atoms with van der Waals surface area (Å²) in [6.07, 6.45) is -1.30. The molecule has 1 aromatic carbocycles. The molecular weight excluding hydrogens is 457 g/mol. The first kappa shape index (κ1) is 23.0. The quantitative estimate of drug-likeness (QED) is 0.570. The van der Waals surface area contributed by atoms with E-state index < -0.39 is 29.2 Å². The molecule has 33 heavy (non-hydrogen) atoms. The Hall–Kier alpha value is -3.21. The van der Waals surface area contributed by atoms with Gasteiger partial charge >= 0.3 is 6.18 Å². The number of aromatic nitrogens is 2. The Bertz CT molecular complexity index is 1330. The second-order valence-electron chi connectivity index (χ2n) is 7.93. The fraction of sp³-hybridized carbons (Fsp3) is 0.364. The highest BCUT2D eigenvalue weighted by atomic mass is 32.1. The third-order valence-electron chi connectivity index (χ3n) is 5.51. The number of thiophene rings is 1. The van der Waals surface area contributed by atoms with Crippen molar-refractivity contribution in [3.63, 3.8) is 0 Å². The van der Waals surface area contributed by atoms with E-state index in [1.807, 2.05) is 0 Å². The lowest BCUT2D eigenvalue weighted by Crippen LogP contribution is -2.24. The zero-order valence-electron chi connectivity index (χ0n) is 17.9. The van der Waals surface area contributed by atoms with Gasteiger partial charge in [-0.1, -0.05) is 6.42 Å². The van der Waals surface area contributed by atoms with Crippen molar-refractivity contribution in [1.82, 2.24) is 9.55 Å². The second-order valence-corrected chi connectivity index (χ2v) is 8.92. The van der Waals surface area contributed by atoms with Gasteiger partial charge in [0.2, 0.25) is 5.91 Å². The van der Waals surface area contributed by atoms with Crippen molar-refractivity contribution in [3.8, 4) is 0 Å². The number of halogens is 3. The highest BCUT2D eigenvalue weighted by Gasteiger charge is 2.35. The van der Waals surface area contributed by atoms with E-state index in [1.165, 1.54) is 13.0 Å². The minimum Gasteiger partial charge on any atom is -0.326 e. The predicted molar refractivity (Wildman–Crippen MR) is 120 cm³/mol. The number of carbonyl (C=O) groups is 2. The van der Waals surface area contributed by atoms with E-state index in [0.29, 0.717) is 34.6 Å². The summed E-state index contributed by atoms with van der Waals surface area (Å²) in [7, 11) is 0. The minimum absolute atomic E-state index is 0.0374. The van der Waals surface area contributed by atoms with Crippen molar-refractivity contribution >= 4 is 44.7 Å². The third kappa shape index (κ3) is 4.50. The topological polar surface area (TPSA) is 93.1 Å². The van der Waals surface area contributed by atoms with Crippen LogP contribution in [0.2, 0.25) is 0 Å². The van der Waals surface area contributed by atoms with Crippen molar-refractivity contribution in [1.29, 1.82) is 0 Å². The number of amides is 2. The molecule has 0 unspecified atom stereocenters. The van der Waals surface area contributed by atoms with Gasteiger partial charge in [-0.05, 0) is 43.5 Å². The highest BCUT2D eigenvalue weighted by Crippen LogP contribution is 2.37. The van der Waals surface area contributed by atoms with Crippen molar-refractivity contribution in [2.45, 2.75) is 52.3 Å². The van der Waals surface area contributed by atoms with Gasteiger partial charge in [-0.25, -0.2) is 4.98 Å². The van der Waals surface area contributed by atoms with E-state index in [0.717, 1.165) is 42.7 Å². The summed E-state index contributed by atoms with van der Waals surface area (Å²) in [6.45, 7) is 3.35. The molecule has 0 saturated heterocycles. The Kier molecular flexibility index (Phi) is 6.00. The third-order valence-corrected chi connectivity index (χ3v) is 6.70. The molecule has 0 aliphatic carbocycles. The van der Waals surface area contributed by atoms with E-state index in [1.54, 1.807) is 11.5 Å². The first-order chi connectivity index (χ1) is 15.6. The molecule has 0 fully saturated rings. The molecule has 2 amide bonds. The Morgan fingerprint density at radius 2 is 1.91 bits per heavy atom. The Balaban J connectivity index is 1.73. The Labute approximate surface area is 190 Å². The predicted octanol–water partition coefficient (Wildman–Crippen LogP) is 4.72. The highest BCUT2D eigenvalue weighted by molar-refractivity contribution is 7.20. The summed E-state index contributed by atoms with van der Waals surface area (Å²) >= 11 is 0.995. The lowest BCUT2D eigenvalue weighted by atomic mass is 10.1. The Morgan fingerprint density at radius 3 is 2.61 bits per heavy atom. The molecule has 0 bridgehead atoms. The zero-order chi connectivity index (χ0) is 23.9.